The predicted molar refractivity (Wildman–Crippen MR) is 112 cm³/mol. The molecule has 0 spiro atoms. The SMILES string of the molecule is CCCc1cc(C(=O)OCC)c(NC(=O)[C@@H]2[C@@H](C(=O)O)[C@H]3CC[C@H]2C3=C(C)C)s1. The van der Waals surface area contributed by atoms with Gasteiger partial charge in [0.05, 0.1) is 24.0 Å². The smallest absolute Gasteiger partial charge is 0.341 e. The molecule has 0 aromatic carbocycles. The molecule has 2 fully saturated rings. The standard InChI is InChI=1S/C22H29NO5S/c1-5-7-12-10-15(22(27)28-6-2)20(29-12)23-19(24)17-13-8-9-14(16(13)11(3)4)18(17)21(25)26/h10,13-14,17-18H,5-9H2,1-4H3,(H,23,24)(H,25,26)/t13-,14-,17-,18-/m0/s1. The number of carboxylic acid groups (broad SMARTS) is 1. The molecule has 1 aromatic rings. The number of nitrogens with one attached hydrogen (secondary N) is 1. The van der Waals surface area contributed by atoms with Gasteiger partial charge >= 0.3 is 11.9 Å². The van der Waals surface area contributed by atoms with Crippen LogP contribution in [0.25, 0.3) is 0 Å². The van der Waals surface area contributed by atoms with Gasteiger partial charge in [0.25, 0.3) is 0 Å². The van der Waals surface area contributed by atoms with E-state index in [0.29, 0.717) is 10.6 Å². The fourth-order valence-corrected chi connectivity index (χ4v) is 6.21. The fraction of sp³-hybridized carbons (Fsp3) is 0.591. The summed E-state index contributed by atoms with van der Waals surface area (Å²) in [5.41, 5.74) is 2.61. The molecule has 2 bridgehead atoms. The van der Waals surface area contributed by atoms with Gasteiger partial charge in [-0.1, -0.05) is 24.5 Å². The minimum Gasteiger partial charge on any atom is -0.481 e. The number of carbonyl (C=O) groups is 3. The average Bonchev–Trinajstić information content (AvgIpc) is 3.33. The maximum Gasteiger partial charge on any atom is 0.341 e. The number of hydrogen-bond donors (Lipinski definition) is 2. The number of thiophene rings is 1. The van der Waals surface area contributed by atoms with Crippen LogP contribution in [0.4, 0.5) is 5.00 Å². The Bertz CT molecular complexity index is 851. The van der Waals surface area contributed by atoms with E-state index >= 15 is 0 Å². The maximum absolute atomic E-state index is 13.2. The molecule has 1 amide bonds. The maximum atomic E-state index is 13.2. The zero-order chi connectivity index (χ0) is 21.3. The van der Waals surface area contributed by atoms with Gasteiger partial charge in [0.1, 0.15) is 5.00 Å². The lowest BCUT2D eigenvalue weighted by Crippen LogP contribution is -2.37. The average molecular weight is 420 g/mol. The molecule has 2 aliphatic rings. The van der Waals surface area contributed by atoms with E-state index in [0.717, 1.165) is 41.7 Å². The van der Waals surface area contributed by atoms with Crippen molar-refractivity contribution in [2.75, 3.05) is 11.9 Å². The summed E-state index contributed by atoms with van der Waals surface area (Å²) in [4.78, 5) is 38.6. The van der Waals surface area contributed by atoms with Gasteiger partial charge in [0.15, 0.2) is 0 Å². The summed E-state index contributed by atoms with van der Waals surface area (Å²) < 4.78 is 5.14. The Kier molecular flexibility index (Phi) is 6.46. The highest BCUT2D eigenvalue weighted by molar-refractivity contribution is 7.16. The molecule has 0 saturated heterocycles. The van der Waals surface area contributed by atoms with Crippen molar-refractivity contribution in [2.24, 2.45) is 23.7 Å². The number of anilines is 1. The number of carboxylic acids is 1. The molecule has 2 N–H and O–H groups in total. The molecule has 4 atom stereocenters. The summed E-state index contributed by atoms with van der Waals surface area (Å²) in [5, 5.41) is 13.2. The second kappa shape index (κ2) is 8.69. The highest BCUT2D eigenvalue weighted by Gasteiger charge is 2.57. The number of esters is 1. The number of aryl methyl sites for hydroxylation is 1. The van der Waals surface area contributed by atoms with Crippen LogP contribution in [0.15, 0.2) is 17.2 Å². The van der Waals surface area contributed by atoms with Crippen LogP contribution in [0.3, 0.4) is 0 Å². The lowest BCUT2D eigenvalue weighted by atomic mass is 9.79. The largest absolute Gasteiger partial charge is 0.481 e. The van der Waals surface area contributed by atoms with Gasteiger partial charge < -0.3 is 15.2 Å². The molecular weight excluding hydrogens is 390 g/mol. The Balaban J connectivity index is 1.90. The third kappa shape index (κ3) is 3.97. The van der Waals surface area contributed by atoms with Crippen LogP contribution in [0.2, 0.25) is 0 Å². The summed E-state index contributed by atoms with van der Waals surface area (Å²) in [6, 6.07) is 1.78. The molecule has 2 saturated carbocycles. The Morgan fingerprint density at radius 2 is 1.83 bits per heavy atom. The topological polar surface area (TPSA) is 92.7 Å². The number of ether oxygens (including phenoxy) is 1. The van der Waals surface area contributed by atoms with Gasteiger partial charge in [-0.05, 0) is 57.9 Å². The van der Waals surface area contributed by atoms with Gasteiger partial charge in [0.2, 0.25) is 5.91 Å². The zero-order valence-electron chi connectivity index (χ0n) is 17.4. The van der Waals surface area contributed by atoms with Crippen LogP contribution in [-0.2, 0) is 20.7 Å². The number of amides is 1. The van der Waals surface area contributed by atoms with Gasteiger partial charge in [-0.25, -0.2) is 4.79 Å². The van der Waals surface area contributed by atoms with E-state index < -0.39 is 23.8 Å². The zero-order valence-corrected chi connectivity index (χ0v) is 18.2. The van der Waals surface area contributed by atoms with Crippen molar-refractivity contribution in [3.63, 3.8) is 0 Å². The van der Waals surface area contributed by atoms with Crippen LogP contribution in [-0.4, -0.2) is 29.6 Å². The van der Waals surface area contributed by atoms with Gasteiger partial charge in [-0.15, -0.1) is 11.3 Å². The van der Waals surface area contributed by atoms with E-state index in [2.05, 4.69) is 12.2 Å². The van der Waals surface area contributed by atoms with E-state index in [1.54, 1.807) is 13.0 Å². The molecule has 6 nitrogen and oxygen atoms in total. The lowest BCUT2D eigenvalue weighted by Gasteiger charge is -2.26. The number of carbonyl (C=O) groups excluding carboxylic acids is 2. The molecule has 1 aromatic heterocycles. The first-order valence-corrected chi connectivity index (χ1v) is 11.1. The van der Waals surface area contributed by atoms with Gasteiger partial charge in [-0.2, -0.15) is 0 Å². The molecule has 0 aliphatic heterocycles. The predicted octanol–water partition coefficient (Wildman–Crippen LogP) is 4.51. The Morgan fingerprint density at radius 3 is 2.38 bits per heavy atom. The fourth-order valence-electron chi connectivity index (χ4n) is 5.06. The van der Waals surface area contributed by atoms with Crippen molar-refractivity contribution < 1.29 is 24.2 Å². The first-order valence-electron chi connectivity index (χ1n) is 10.3. The molecule has 1 heterocycles. The summed E-state index contributed by atoms with van der Waals surface area (Å²) >= 11 is 1.37. The highest BCUT2D eigenvalue weighted by atomic mass is 32.1. The lowest BCUT2D eigenvalue weighted by molar-refractivity contribution is -0.148. The van der Waals surface area contributed by atoms with Crippen molar-refractivity contribution in [3.8, 4) is 0 Å². The van der Waals surface area contributed by atoms with Crippen LogP contribution in [0, 0.1) is 23.7 Å². The van der Waals surface area contributed by atoms with Crippen molar-refractivity contribution in [1.29, 1.82) is 0 Å². The molecular formula is C22H29NO5S. The summed E-state index contributed by atoms with van der Waals surface area (Å²) in [6.45, 7) is 8.03. The number of hydrogen-bond acceptors (Lipinski definition) is 5. The first-order chi connectivity index (χ1) is 13.8. The second-order valence-corrected chi connectivity index (χ2v) is 9.19. The van der Waals surface area contributed by atoms with E-state index in [9.17, 15) is 19.5 Å². The Morgan fingerprint density at radius 1 is 1.17 bits per heavy atom. The quantitative estimate of drug-likeness (QED) is 0.501. The molecule has 2 aliphatic carbocycles. The third-order valence-corrected chi connectivity index (χ3v) is 7.13. The molecule has 7 heteroatoms. The summed E-state index contributed by atoms with van der Waals surface area (Å²) in [5.74, 6) is -3.11. The first kappa shape index (κ1) is 21.6. The van der Waals surface area contributed by atoms with Crippen molar-refractivity contribution in [2.45, 2.75) is 53.4 Å². The van der Waals surface area contributed by atoms with Crippen molar-refractivity contribution >= 4 is 34.2 Å². The highest BCUT2D eigenvalue weighted by Crippen LogP contribution is 2.57. The van der Waals surface area contributed by atoms with Crippen LogP contribution in [0.1, 0.15) is 62.2 Å². The van der Waals surface area contributed by atoms with Crippen molar-refractivity contribution in [1.82, 2.24) is 0 Å². The van der Waals surface area contributed by atoms with E-state index in [1.807, 2.05) is 13.8 Å². The van der Waals surface area contributed by atoms with Crippen molar-refractivity contribution in [3.05, 3.63) is 27.7 Å². The van der Waals surface area contributed by atoms with Crippen LogP contribution in [0.5, 0.6) is 0 Å². The van der Waals surface area contributed by atoms with E-state index in [-0.39, 0.29) is 24.3 Å². The van der Waals surface area contributed by atoms with Crippen LogP contribution >= 0.6 is 11.3 Å². The number of fused-ring (bicyclic) bond motifs is 2. The van der Waals surface area contributed by atoms with E-state index in [1.165, 1.54) is 11.3 Å². The molecule has 158 valence electrons. The summed E-state index contributed by atoms with van der Waals surface area (Å²) in [6.07, 6.45) is 3.39. The van der Waals surface area contributed by atoms with Gasteiger partial charge in [0, 0.05) is 4.88 Å². The monoisotopic (exact) mass is 419 g/mol. The van der Waals surface area contributed by atoms with E-state index in [4.69, 9.17) is 4.74 Å². The Labute approximate surface area is 175 Å². The van der Waals surface area contributed by atoms with Gasteiger partial charge in [-0.3, -0.25) is 9.59 Å². The molecule has 0 radical (unpaired) electrons. The summed E-state index contributed by atoms with van der Waals surface area (Å²) in [7, 11) is 0. The number of allylic oxidation sites excluding steroid dienone is 2. The second-order valence-electron chi connectivity index (χ2n) is 8.05. The normalized spacial score (nSPS) is 25.2. The molecule has 0 unspecified atom stereocenters. The van der Waals surface area contributed by atoms with Crippen LogP contribution < -0.4 is 5.32 Å². The molecule has 3 rings (SSSR count). The third-order valence-electron chi connectivity index (χ3n) is 6.02. The molecule has 29 heavy (non-hydrogen) atoms. The minimum absolute atomic E-state index is 0.0350. The number of rotatable bonds is 7. The number of aliphatic carboxylic acids is 1. The Hall–Kier alpha value is -2.15. The minimum atomic E-state index is -0.917.